The number of alkyl halides is 3. The fourth-order valence-corrected chi connectivity index (χ4v) is 3.10. The number of anilines is 1. The van der Waals surface area contributed by atoms with Crippen LogP contribution in [0.25, 0.3) is 0 Å². The Labute approximate surface area is 151 Å². The van der Waals surface area contributed by atoms with Crippen LogP contribution in [0.3, 0.4) is 0 Å². The molecule has 1 fully saturated rings. The first kappa shape index (κ1) is 20.4. The van der Waals surface area contributed by atoms with E-state index in [1.165, 1.54) is 16.7 Å². The summed E-state index contributed by atoms with van der Waals surface area (Å²) in [4.78, 5) is 34.8. The van der Waals surface area contributed by atoms with Gasteiger partial charge in [0, 0.05) is 45.2 Å². The van der Waals surface area contributed by atoms with Gasteiger partial charge in [-0.15, -0.1) is 0 Å². The summed E-state index contributed by atoms with van der Waals surface area (Å²) in [5.41, 5.74) is -3.82. The molecule has 27 heavy (non-hydrogen) atoms. The van der Waals surface area contributed by atoms with Gasteiger partial charge in [-0.1, -0.05) is 0 Å². The van der Waals surface area contributed by atoms with Crippen LogP contribution in [0.4, 0.5) is 30.2 Å². The van der Waals surface area contributed by atoms with E-state index in [9.17, 15) is 38.2 Å². The van der Waals surface area contributed by atoms with Crippen molar-refractivity contribution in [2.45, 2.75) is 32.0 Å². The molecule has 0 spiro atoms. The highest BCUT2D eigenvalue weighted by Crippen LogP contribution is 2.43. The summed E-state index contributed by atoms with van der Waals surface area (Å²) < 4.78 is 38.9. The molecular weight excluding hydrogens is 373 g/mol. The standard InChI is InChI=1S/C15H17F3N4O5/c1-9(23)19(2)11-3-5-20(6-4-11)14-12(21(24)25)7-10(15(16,17)18)8-13(14)22(26)27/h7-8,11H,3-6H2,1-2H3. The molecule has 1 aromatic rings. The normalized spacial score (nSPS) is 15.5. The molecule has 1 saturated heterocycles. The number of nitro groups is 2. The van der Waals surface area contributed by atoms with Crippen LogP contribution in [0.2, 0.25) is 0 Å². The third-order valence-electron chi connectivity index (χ3n) is 4.62. The number of hydrogen-bond donors (Lipinski definition) is 0. The monoisotopic (exact) mass is 390 g/mol. The van der Waals surface area contributed by atoms with E-state index in [0.717, 1.165) is 0 Å². The molecule has 0 N–H and O–H groups in total. The van der Waals surface area contributed by atoms with Crippen molar-refractivity contribution in [3.63, 3.8) is 0 Å². The van der Waals surface area contributed by atoms with Gasteiger partial charge >= 0.3 is 6.18 Å². The number of benzene rings is 1. The van der Waals surface area contributed by atoms with Gasteiger partial charge in [0.1, 0.15) is 0 Å². The zero-order valence-electron chi connectivity index (χ0n) is 14.5. The minimum absolute atomic E-state index is 0.134. The van der Waals surface area contributed by atoms with Crippen molar-refractivity contribution in [3.8, 4) is 0 Å². The first-order valence-corrected chi connectivity index (χ1v) is 7.95. The van der Waals surface area contributed by atoms with E-state index in [0.29, 0.717) is 25.0 Å². The van der Waals surface area contributed by atoms with Gasteiger partial charge in [-0.2, -0.15) is 13.2 Å². The molecule has 0 saturated carbocycles. The van der Waals surface area contributed by atoms with E-state index in [-0.39, 0.29) is 25.0 Å². The number of nitro benzene ring substituents is 2. The Morgan fingerprint density at radius 1 is 1.15 bits per heavy atom. The van der Waals surface area contributed by atoms with Crippen LogP contribution in [0.15, 0.2) is 12.1 Å². The summed E-state index contributed by atoms with van der Waals surface area (Å²) >= 11 is 0. The zero-order valence-corrected chi connectivity index (χ0v) is 14.5. The lowest BCUT2D eigenvalue weighted by Crippen LogP contribution is -2.45. The van der Waals surface area contributed by atoms with Crippen molar-refractivity contribution in [1.29, 1.82) is 0 Å². The maximum atomic E-state index is 13.0. The lowest BCUT2D eigenvalue weighted by Gasteiger charge is -2.37. The highest BCUT2D eigenvalue weighted by Gasteiger charge is 2.40. The van der Waals surface area contributed by atoms with Crippen molar-refractivity contribution < 1.29 is 27.8 Å². The minimum atomic E-state index is -4.95. The summed E-state index contributed by atoms with van der Waals surface area (Å²) in [7, 11) is 1.60. The minimum Gasteiger partial charge on any atom is -0.360 e. The van der Waals surface area contributed by atoms with Gasteiger partial charge in [-0.05, 0) is 12.8 Å². The Morgan fingerprint density at radius 3 is 1.93 bits per heavy atom. The number of carbonyl (C=O) groups excluding carboxylic acids is 1. The molecule has 12 heteroatoms. The maximum absolute atomic E-state index is 13.0. The Bertz CT molecular complexity index is 740. The first-order valence-electron chi connectivity index (χ1n) is 7.95. The fraction of sp³-hybridized carbons (Fsp3) is 0.533. The van der Waals surface area contributed by atoms with Crippen molar-refractivity contribution in [1.82, 2.24) is 4.90 Å². The van der Waals surface area contributed by atoms with Gasteiger partial charge in [-0.3, -0.25) is 25.0 Å². The average Bonchev–Trinajstić information content (AvgIpc) is 2.59. The molecule has 0 bridgehead atoms. The second-order valence-electron chi connectivity index (χ2n) is 6.22. The number of rotatable bonds is 4. The Kier molecular flexibility index (Phi) is 5.56. The van der Waals surface area contributed by atoms with Crippen molar-refractivity contribution in [2.24, 2.45) is 0 Å². The predicted octanol–water partition coefficient (Wildman–Crippen LogP) is 2.97. The third-order valence-corrected chi connectivity index (χ3v) is 4.62. The van der Waals surface area contributed by atoms with Gasteiger partial charge in [0.05, 0.1) is 15.4 Å². The number of piperidine rings is 1. The van der Waals surface area contributed by atoms with Gasteiger partial charge in [0.25, 0.3) is 11.4 Å². The molecule has 1 amide bonds. The Balaban J connectivity index is 2.46. The Morgan fingerprint density at radius 2 is 1.59 bits per heavy atom. The molecule has 1 aliphatic heterocycles. The average molecular weight is 390 g/mol. The molecule has 9 nitrogen and oxygen atoms in total. The molecule has 0 unspecified atom stereocenters. The van der Waals surface area contributed by atoms with Gasteiger partial charge < -0.3 is 9.80 Å². The smallest absolute Gasteiger partial charge is 0.360 e. The number of amides is 1. The second kappa shape index (κ2) is 7.37. The first-order chi connectivity index (χ1) is 12.4. The number of nitrogens with zero attached hydrogens (tertiary/aromatic N) is 4. The van der Waals surface area contributed by atoms with E-state index in [4.69, 9.17) is 0 Å². The number of hydrogen-bond acceptors (Lipinski definition) is 6. The van der Waals surface area contributed by atoms with Gasteiger partial charge in [-0.25, -0.2) is 0 Å². The topological polar surface area (TPSA) is 110 Å². The molecule has 148 valence electrons. The summed E-state index contributed by atoms with van der Waals surface area (Å²) in [5, 5.41) is 22.6. The van der Waals surface area contributed by atoms with Gasteiger partial charge in [0.15, 0.2) is 5.69 Å². The second-order valence-corrected chi connectivity index (χ2v) is 6.22. The van der Waals surface area contributed by atoms with Crippen LogP contribution in [-0.4, -0.2) is 46.8 Å². The lowest BCUT2D eigenvalue weighted by molar-refractivity contribution is -0.393. The highest BCUT2D eigenvalue weighted by atomic mass is 19.4. The summed E-state index contributed by atoms with van der Waals surface area (Å²) in [6.07, 6.45) is -4.19. The molecule has 0 atom stereocenters. The largest absolute Gasteiger partial charge is 0.416 e. The van der Waals surface area contributed by atoms with Crippen LogP contribution in [0.1, 0.15) is 25.3 Å². The molecule has 0 aliphatic carbocycles. The molecule has 1 heterocycles. The maximum Gasteiger partial charge on any atom is 0.416 e. The van der Waals surface area contributed by atoms with Crippen LogP contribution < -0.4 is 4.90 Å². The van der Waals surface area contributed by atoms with Crippen molar-refractivity contribution in [3.05, 3.63) is 37.9 Å². The SMILES string of the molecule is CC(=O)N(C)C1CCN(c2c([N+](=O)[O-])cc(C(F)(F)F)cc2[N+](=O)[O-])CC1. The Hall–Kier alpha value is -2.92. The van der Waals surface area contributed by atoms with Crippen LogP contribution in [-0.2, 0) is 11.0 Å². The molecule has 1 aromatic carbocycles. The highest BCUT2D eigenvalue weighted by molar-refractivity contribution is 5.77. The summed E-state index contributed by atoms with van der Waals surface area (Å²) in [5.74, 6) is -0.167. The van der Waals surface area contributed by atoms with Crippen molar-refractivity contribution in [2.75, 3.05) is 25.0 Å². The third kappa shape index (κ3) is 4.26. The summed E-state index contributed by atoms with van der Waals surface area (Å²) in [6, 6.07) is 0.484. The van der Waals surface area contributed by atoms with Crippen LogP contribution in [0, 0.1) is 20.2 Å². The number of carbonyl (C=O) groups is 1. The number of halogens is 3. The lowest BCUT2D eigenvalue weighted by atomic mass is 10.0. The predicted molar refractivity (Wildman–Crippen MR) is 88.4 cm³/mol. The quantitative estimate of drug-likeness (QED) is 0.577. The summed E-state index contributed by atoms with van der Waals surface area (Å²) in [6.45, 7) is 1.66. The van der Waals surface area contributed by atoms with E-state index < -0.39 is 38.6 Å². The molecule has 0 radical (unpaired) electrons. The van der Waals surface area contributed by atoms with Gasteiger partial charge in [0.2, 0.25) is 5.91 Å². The molecule has 2 rings (SSSR count). The fourth-order valence-electron chi connectivity index (χ4n) is 3.10. The molecule has 1 aliphatic rings. The van der Waals surface area contributed by atoms with Crippen molar-refractivity contribution >= 4 is 23.0 Å². The van der Waals surface area contributed by atoms with E-state index >= 15 is 0 Å². The van der Waals surface area contributed by atoms with E-state index in [1.807, 2.05) is 0 Å². The van der Waals surface area contributed by atoms with Crippen LogP contribution in [0.5, 0.6) is 0 Å². The zero-order chi connectivity index (χ0) is 20.5. The molecular formula is C15H17F3N4O5. The molecule has 0 aromatic heterocycles. The van der Waals surface area contributed by atoms with E-state index in [1.54, 1.807) is 7.05 Å². The van der Waals surface area contributed by atoms with E-state index in [2.05, 4.69) is 0 Å². The van der Waals surface area contributed by atoms with Crippen LogP contribution >= 0.6 is 0 Å².